The van der Waals surface area contributed by atoms with Crippen molar-refractivity contribution >= 4 is 46.8 Å². The number of hydrogen-bond acceptors (Lipinski definition) is 2. The minimum absolute atomic E-state index is 0.274. The Balaban J connectivity index is 2.44. The van der Waals surface area contributed by atoms with Crippen LogP contribution in [0.25, 0.3) is 11.1 Å². The van der Waals surface area contributed by atoms with Crippen LogP contribution in [-0.4, -0.2) is 11.7 Å². The third-order valence-corrected chi connectivity index (χ3v) is 3.82. The van der Waals surface area contributed by atoms with Gasteiger partial charge in [-0.1, -0.05) is 36.0 Å². The van der Waals surface area contributed by atoms with Gasteiger partial charge in [0.15, 0.2) is 0 Å². The fourth-order valence-electron chi connectivity index (χ4n) is 1.73. The molecular weight excluding hydrogens is 301 g/mol. The average molecular weight is 312 g/mol. The number of thioether (sulfide) groups is 1. The van der Waals surface area contributed by atoms with E-state index in [0.29, 0.717) is 16.1 Å². The molecule has 0 heterocycles. The van der Waals surface area contributed by atoms with Crippen LogP contribution in [0.1, 0.15) is 0 Å². The molecule has 0 saturated heterocycles. The van der Waals surface area contributed by atoms with E-state index in [1.165, 1.54) is 23.3 Å². The van der Waals surface area contributed by atoms with Crippen LogP contribution in [0, 0.1) is 5.82 Å². The maximum atomic E-state index is 14.0. The van der Waals surface area contributed by atoms with Crippen molar-refractivity contribution in [2.75, 3.05) is 11.6 Å². The van der Waals surface area contributed by atoms with Gasteiger partial charge in [-0.15, -0.1) is 11.8 Å². The van der Waals surface area contributed by atoms with Gasteiger partial charge in [-0.3, -0.25) is 0 Å². The molecule has 19 heavy (non-hydrogen) atoms. The van der Waals surface area contributed by atoms with Crippen molar-refractivity contribution in [1.29, 1.82) is 0 Å². The number of rotatable bonds is 4. The summed E-state index contributed by atoms with van der Waals surface area (Å²) in [5, 5.41) is 3.35. The molecule has 5 heteroatoms. The Kier molecular flexibility index (Phi) is 4.80. The zero-order valence-electron chi connectivity index (χ0n) is 10.1. The molecular formula is C14H11ClFNS2. The number of nitrogens with one attached hydrogen (secondary N) is 1. The Morgan fingerprint density at radius 3 is 2.53 bits per heavy atom. The van der Waals surface area contributed by atoms with Gasteiger partial charge in [0.05, 0.1) is 10.5 Å². The molecule has 1 nitrogen and oxygen atoms in total. The maximum Gasteiger partial charge on any atom is 0.132 e. The molecule has 0 fully saturated rings. The third kappa shape index (κ3) is 3.26. The van der Waals surface area contributed by atoms with Crippen molar-refractivity contribution < 1.29 is 4.39 Å². The van der Waals surface area contributed by atoms with Crippen LogP contribution in [0.5, 0.6) is 0 Å². The van der Waals surface area contributed by atoms with Crippen molar-refractivity contribution in [3.05, 3.63) is 47.2 Å². The van der Waals surface area contributed by atoms with E-state index in [2.05, 4.69) is 5.32 Å². The van der Waals surface area contributed by atoms with Gasteiger partial charge >= 0.3 is 0 Å². The second-order valence-electron chi connectivity index (χ2n) is 3.80. The Labute approximate surface area is 126 Å². The first-order valence-electron chi connectivity index (χ1n) is 5.49. The molecule has 98 valence electrons. The number of halogens is 2. The molecule has 0 spiro atoms. The molecule has 0 atom stereocenters. The van der Waals surface area contributed by atoms with Crippen LogP contribution >= 0.6 is 35.6 Å². The van der Waals surface area contributed by atoms with Crippen LogP contribution in [0.15, 0.2) is 41.3 Å². The highest BCUT2D eigenvalue weighted by molar-refractivity contribution is 7.98. The highest BCUT2D eigenvalue weighted by atomic mass is 35.5. The minimum Gasteiger partial charge on any atom is -0.353 e. The summed E-state index contributed by atoms with van der Waals surface area (Å²) in [6.45, 7) is 0. The molecule has 2 aromatic rings. The Bertz CT molecular complexity index is 616. The van der Waals surface area contributed by atoms with E-state index in [4.69, 9.17) is 23.8 Å². The summed E-state index contributed by atoms with van der Waals surface area (Å²) < 4.78 is 14.0. The normalized spacial score (nSPS) is 10.3. The van der Waals surface area contributed by atoms with Crippen LogP contribution in [0.2, 0.25) is 5.02 Å². The topological polar surface area (TPSA) is 12.0 Å². The summed E-state index contributed by atoms with van der Waals surface area (Å²) in [5.74, 6) is -0.274. The third-order valence-electron chi connectivity index (χ3n) is 2.66. The van der Waals surface area contributed by atoms with E-state index in [0.717, 1.165) is 10.6 Å². The molecule has 1 N–H and O–H groups in total. The smallest absolute Gasteiger partial charge is 0.132 e. The Hall–Kier alpha value is -1.10. The average Bonchev–Trinajstić information content (AvgIpc) is 2.40. The molecule has 0 aromatic heterocycles. The van der Waals surface area contributed by atoms with Gasteiger partial charge in [0.25, 0.3) is 0 Å². The van der Waals surface area contributed by atoms with E-state index < -0.39 is 0 Å². The van der Waals surface area contributed by atoms with Crippen molar-refractivity contribution in [1.82, 2.24) is 0 Å². The van der Waals surface area contributed by atoms with E-state index >= 15 is 0 Å². The highest BCUT2D eigenvalue weighted by Gasteiger charge is 2.10. The van der Waals surface area contributed by atoms with Gasteiger partial charge < -0.3 is 5.32 Å². The van der Waals surface area contributed by atoms with Crippen molar-refractivity contribution in [3.8, 4) is 11.1 Å². The van der Waals surface area contributed by atoms with Crippen molar-refractivity contribution in [3.63, 3.8) is 0 Å². The summed E-state index contributed by atoms with van der Waals surface area (Å²) in [6, 6.07) is 10.4. The number of anilines is 1. The van der Waals surface area contributed by atoms with E-state index in [9.17, 15) is 4.39 Å². The fraction of sp³-hybridized carbons (Fsp3) is 0.0714. The summed E-state index contributed by atoms with van der Waals surface area (Å²) >= 11 is 12.4. The Morgan fingerprint density at radius 1 is 1.21 bits per heavy atom. The van der Waals surface area contributed by atoms with Gasteiger partial charge in [-0.25, -0.2) is 4.39 Å². The van der Waals surface area contributed by atoms with Crippen LogP contribution in [-0.2, 0) is 0 Å². The molecule has 2 rings (SSSR count). The molecule has 0 aliphatic carbocycles. The SMILES string of the molecule is CSc1ccc(-c2ccc(NC=S)cc2Cl)c(F)c1. The molecule has 0 bridgehead atoms. The predicted molar refractivity (Wildman–Crippen MR) is 85.9 cm³/mol. The number of benzene rings is 2. The minimum atomic E-state index is -0.274. The van der Waals surface area contributed by atoms with Crippen LogP contribution < -0.4 is 5.32 Å². The van der Waals surface area contributed by atoms with Crippen molar-refractivity contribution in [2.24, 2.45) is 0 Å². The lowest BCUT2D eigenvalue weighted by atomic mass is 10.0. The fourth-order valence-corrected chi connectivity index (χ4v) is 2.58. The van der Waals surface area contributed by atoms with Gasteiger partial charge in [0, 0.05) is 21.7 Å². The lowest BCUT2D eigenvalue weighted by Crippen LogP contribution is -1.93. The molecule has 0 amide bonds. The largest absolute Gasteiger partial charge is 0.353 e. The highest BCUT2D eigenvalue weighted by Crippen LogP contribution is 2.33. The first-order chi connectivity index (χ1) is 9.15. The predicted octanol–water partition coefficient (Wildman–Crippen LogP) is 5.24. The monoisotopic (exact) mass is 311 g/mol. The first-order valence-corrected chi connectivity index (χ1v) is 7.56. The van der Waals surface area contributed by atoms with Gasteiger partial charge in [-0.2, -0.15) is 0 Å². The van der Waals surface area contributed by atoms with Crippen LogP contribution in [0.4, 0.5) is 10.1 Å². The summed E-state index contributed by atoms with van der Waals surface area (Å²) in [5.41, 5.74) is 3.35. The Morgan fingerprint density at radius 2 is 1.95 bits per heavy atom. The lowest BCUT2D eigenvalue weighted by molar-refractivity contribution is 0.628. The molecule has 0 radical (unpaired) electrons. The summed E-state index contributed by atoms with van der Waals surface area (Å²) in [7, 11) is 0. The standard InChI is InChI=1S/C14H11ClFNS2/c1-19-10-3-5-12(14(16)7-10)11-4-2-9(17-8-18)6-13(11)15/h2-8H,1H3,(H,17,18). The van der Waals surface area contributed by atoms with Gasteiger partial charge in [-0.05, 0) is 30.5 Å². The number of hydrogen-bond donors (Lipinski definition) is 1. The van der Waals surface area contributed by atoms with Crippen molar-refractivity contribution in [2.45, 2.75) is 4.90 Å². The molecule has 0 saturated carbocycles. The zero-order chi connectivity index (χ0) is 13.8. The van der Waals surface area contributed by atoms with E-state index in [-0.39, 0.29) is 5.82 Å². The lowest BCUT2D eigenvalue weighted by Gasteiger charge is -2.09. The van der Waals surface area contributed by atoms with Gasteiger partial charge in [0.1, 0.15) is 5.82 Å². The molecule has 0 aliphatic heterocycles. The molecule has 2 aromatic carbocycles. The second-order valence-corrected chi connectivity index (χ2v) is 5.33. The van der Waals surface area contributed by atoms with Crippen LogP contribution in [0.3, 0.4) is 0 Å². The number of thiocarbonyl (C=S) groups is 1. The van der Waals surface area contributed by atoms with E-state index in [1.807, 2.05) is 18.4 Å². The molecule has 0 aliphatic rings. The summed E-state index contributed by atoms with van der Waals surface area (Å²) in [4.78, 5) is 0.886. The van der Waals surface area contributed by atoms with E-state index in [1.54, 1.807) is 18.2 Å². The second kappa shape index (κ2) is 6.37. The molecule has 0 unspecified atom stereocenters. The maximum absolute atomic E-state index is 14.0. The quantitative estimate of drug-likeness (QED) is 0.613. The van der Waals surface area contributed by atoms with Gasteiger partial charge in [0.2, 0.25) is 0 Å². The summed E-state index contributed by atoms with van der Waals surface area (Å²) in [6.07, 6.45) is 1.91. The first kappa shape index (κ1) is 14.3. The zero-order valence-corrected chi connectivity index (χ0v) is 12.5.